The van der Waals surface area contributed by atoms with Crippen LogP contribution in [0.4, 0.5) is 4.39 Å². The molecule has 0 aromatic heterocycles. The average Bonchev–Trinajstić information content (AvgIpc) is 2.59. The molecule has 2 aromatic rings. The minimum atomic E-state index is -0.465. The summed E-state index contributed by atoms with van der Waals surface area (Å²) in [5, 5.41) is 0. The van der Waals surface area contributed by atoms with Crippen molar-refractivity contribution in [2.45, 2.75) is 4.90 Å². The van der Waals surface area contributed by atoms with Gasteiger partial charge >= 0.3 is 0 Å². The number of ketones is 1. The molecule has 0 radical (unpaired) electrons. The lowest BCUT2D eigenvalue weighted by Crippen LogP contribution is -1.96. The van der Waals surface area contributed by atoms with E-state index in [0.29, 0.717) is 16.9 Å². The van der Waals surface area contributed by atoms with Gasteiger partial charge in [-0.05, 0) is 48.2 Å². The van der Waals surface area contributed by atoms with Gasteiger partial charge in [0.05, 0.1) is 14.2 Å². The molecule has 0 aliphatic heterocycles. The van der Waals surface area contributed by atoms with Crippen LogP contribution in [0, 0.1) is 5.82 Å². The van der Waals surface area contributed by atoms with Crippen molar-refractivity contribution < 1.29 is 18.7 Å². The van der Waals surface area contributed by atoms with E-state index >= 15 is 0 Å². The summed E-state index contributed by atoms with van der Waals surface area (Å²) in [6, 6.07) is 9.82. The van der Waals surface area contributed by atoms with Crippen molar-refractivity contribution in [3.8, 4) is 11.5 Å². The van der Waals surface area contributed by atoms with E-state index in [1.54, 1.807) is 43.1 Å². The Morgan fingerprint density at radius 3 is 2.43 bits per heavy atom. The van der Waals surface area contributed by atoms with Crippen LogP contribution in [0.15, 0.2) is 47.4 Å². The van der Waals surface area contributed by atoms with Crippen LogP contribution < -0.4 is 9.47 Å². The Morgan fingerprint density at radius 1 is 1.09 bits per heavy atom. The molecule has 0 saturated carbocycles. The zero-order chi connectivity index (χ0) is 16.8. The van der Waals surface area contributed by atoms with Gasteiger partial charge in [0.15, 0.2) is 17.3 Å². The number of rotatable bonds is 6. The summed E-state index contributed by atoms with van der Waals surface area (Å²) in [6.07, 6.45) is 4.92. The van der Waals surface area contributed by atoms with Crippen molar-refractivity contribution in [1.82, 2.24) is 0 Å². The van der Waals surface area contributed by atoms with E-state index in [0.717, 1.165) is 4.90 Å². The summed E-state index contributed by atoms with van der Waals surface area (Å²) in [6.45, 7) is 0. The molecule has 0 saturated heterocycles. The molecule has 3 nitrogen and oxygen atoms in total. The minimum Gasteiger partial charge on any atom is -0.496 e. The van der Waals surface area contributed by atoms with Gasteiger partial charge < -0.3 is 9.47 Å². The van der Waals surface area contributed by atoms with Crippen molar-refractivity contribution in [3.63, 3.8) is 0 Å². The lowest BCUT2D eigenvalue weighted by molar-refractivity contribution is 0.104. The van der Waals surface area contributed by atoms with Gasteiger partial charge in [0.25, 0.3) is 0 Å². The summed E-state index contributed by atoms with van der Waals surface area (Å²) < 4.78 is 23.7. The van der Waals surface area contributed by atoms with Crippen LogP contribution in [0.3, 0.4) is 0 Å². The molecule has 2 rings (SSSR count). The number of halogens is 1. The first-order chi connectivity index (χ1) is 11.1. The number of benzene rings is 2. The molecule has 120 valence electrons. The SMILES string of the molecule is COc1ccc(C=CC(=O)c2ccc(SC)c(OC)c2)cc1F. The van der Waals surface area contributed by atoms with Crippen molar-refractivity contribution in [1.29, 1.82) is 0 Å². The van der Waals surface area contributed by atoms with Gasteiger partial charge in [0, 0.05) is 10.5 Å². The van der Waals surface area contributed by atoms with Gasteiger partial charge in [-0.3, -0.25) is 4.79 Å². The molecule has 0 spiro atoms. The largest absolute Gasteiger partial charge is 0.496 e. The summed E-state index contributed by atoms with van der Waals surface area (Å²) in [5.41, 5.74) is 1.11. The Balaban J connectivity index is 2.19. The summed E-state index contributed by atoms with van der Waals surface area (Å²) in [4.78, 5) is 13.2. The van der Waals surface area contributed by atoms with Crippen molar-refractivity contribution >= 4 is 23.6 Å². The van der Waals surface area contributed by atoms with Gasteiger partial charge in [-0.15, -0.1) is 11.8 Å². The fourth-order valence-electron chi connectivity index (χ4n) is 2.04. The Hall–Kier alpha value is -2.27. The first kappa shape index (κ1) is 17.1. The molecule has 0 aliphatic rings. The predicted octanol–water partition coefficient (Wildman–Crippen LogP) is 4.46. The van der Waals surface area contributed by atoms with E-state index in [-0.39, 0.29) is 11.5 Å². The molecular formula is C18H17FO3S. The number of carbonyl (C=O) groups is 1. The van der Waals surface area contributed by atoms with Gasteiger partial charge in [-0.1, -0.05) is 12.1 Å². The van der Waals surface area contributed by atoms with E-state index in [9.17, 15) is 9.18 Å². The molecule has 0 fully saturated rings. The quantitative estimate of drug-likeness (QED) is 0.444. The van der Waals surface area contributed by atoms with Gasteiger partial charge in [0.2, 0.25) is 0 Å². The molecule has 2 aromatic carbocycles. The highest BCUT2D eigenvalue weighted by atomic mass is 32.2. The maximum absolute atomic E-state index is 13.6. The number of carbonyl (C=O) groups excluding carboxylic acids is 1. The zero-order valence-corrected chi connectivity index (χ0v) is 13.9. The highest BCUT2D eigenvalue weighted by molar-refractivity contribution is 7.98. The van der Waals surface area contributed by atoms with Crippen LogP contribution in [0.5, 0.6) is 11.5 Å². The fourth-order valence-corrected chi connectivity index (χ4v) is 2.59. The Bertz CT molecular complexity index is 741. The third-order valence-corrected chi connectivity index (χ3v) is 4.05. The van der Waals surface area contributed by atoms with Crippen molar-refractivity contribution in [2.75, 3.05) is 20.5 Å². The minimum absolute atomic E-state index is 0.172. The van der Waals surface area contributed by atoms with E-state index in [1.807, 2.05) is 12.3 Å². The number of hydrogen-bond acceptors (Lipinski definition) is 4. The number of methoxy groups -OCH3 is 2. The Kier molecular flexibility index (Phi) is 5.82. The van der Waals surface area contributed by atoms with E-state index in [2.05, 4.69) is 0 Å². The topological polar surface area (TPSA) is 35.5 Å². The molecular weight excluding hydrogens is 315 g/mol. The van der Waals surface area contributed by atoms with Crippen LogP contribution in [0.25, 0.3) is 6.08 Å². The monoisotopic (exact) mass is 332 g/mol. The number of allylic oxidation sites excluding steroid dienone is 1. The molecule has 23 heavy (non-hydrogen) atoms. The second kappa shape index (κ2) is 7.83. The molecule has 5 heteroatoms. The smallest absolute Gasteiger partial charge is 0.185 e. The van der Waals surface area contributed by atoms with Crippen LogP contribution in [-0.4, -0.2) is 26.3 Å². The standard InChI is InChI=1S/C18H17FO3S/c1-21-16-8-5-12(10-14(16)19)4-7-15(20)13-6-9-18(23-3)17(11-13)22-2/h4-11H,1-3H3. The normalized spacial score (nSPS) is 10.8. The second-order valence-corrected chi connectivity index (χ2v) is 5.51. The van der Waals surface area contributed by atoms with Crippen LogP contribution in [-0.2, 0) is 0 Å². The molecule has 0 bridgehead atoms. The average molecular weight is 332 g/mol. The first-order valence-corrected chi connectivity index (χ1v) is 8.09. The van der Waals surface area contributed by atoms with E-state index < -0.39 is 5.82 Å². The lowest BCUT2D eigenvalue weighted by atomic mass is 10.1. The van der Waals surface area contributed by atoms with Crippen molar-refractivity contribution in [3.05, 3.63) is 59.4 Å². The van der Waals surface area contributed by atoms with Gasteiger partial charge in [-0.25, -0.2) is 4.39 Å². The number of ether oxygens (including phenoxy) is 2. The maximum Gasteiger partial charge on any atom is 0.185 e. The molecule has 0 aliphatic carbocycles. The zero-order valence-electron chi connectivity index (χ0n) is 13.1. The number of hydrogen-bond donors (Lipinski definition) is 0. The van der Waals surface area contributed by atoms with Crippen LogP contribution in [0.1, 0.15) is 15.9 Å². The number of thioether (sulfide) groups is 1. The molecule has 0 atom stereocenters. The van der Waals surface area contributed by atoms with Crippen LogP contribution >= 0.6 is 11.8 Å². The molecule has 0 amide bonds. The molecule has 0 heterocycles. The Morgan fingerprint density at radius 2 is 1.83 bits per heavy atom. The Labute approximate surface area is 139 Å². The van der Waals surface area contributed by atoms with Crippen molar-refractivity contribution in [2.24, 2.45) is 0 Å². The third kappa shape index (κ3) is 4.13. The van der Waals surface area contributed by atoms with E-state index in [4.69, 9.17) is 9.47 Å². The van der Waals surface area contributed by atoms with Crippen LogP contribution in [0.2, 0.25) is 0 Å². The fraction of sp³-hybridized carbons (Fsp3) is 0.167. The highest BCUT2D eigenvalue weighted by Crippen LogP contribution is 2.28. The maximum atomic E-state index is 13.6. The molecule has 0 unspecified atom stereocenters. The lowest BCUT2D eigenvalue weighted by Gasteiger charge is -2.07. The summed E-state index contributed by atoms with van der Waals surface area (Å²) in [7, 11) is 2.97. The van der Waals surface area contributed by atoms with E-state index in [1.165, 1.54) is 25.3 Å². The van der Waals surface area contributed by atoms with Gasteiger partial charge in [-0.2, -0.15) is 0 Å². The summed E-state index contributed by atoms with van der Waals surface area (Å²) in [5.74, 6) is 0.193. The highest BCUT2D eigenvalue weighted by Gasteiger charge is 2.08. The summed E-state index contributed by atoms with van der Waals surface area (Å²) >= 11 is 1.55. The predicted molar refractivity (Wildman–Crippen MR) is 91.1 cm³/mol. The third-order valence-electron chi connectivity index (χ3n) is 3.27. The first-order valence-electron chi connectivity index (χ1n) is 6.87. The second-order valence-electron chi connectivity index (χ2n) is 4.66. The molecule has 0 N–H and O–H groups in total. The van der Waals surface area contributed by atoms with Gasteiger partial charge in [0.1, 0.15) is 5.75 Å².